The van der Waals surface area contributed by atoms with Gasteiger partial charge in [0.25, 0.3) is 10.1 Å². The maximum atomic E-state index is 13.4. The van der Waals surface area contributed by atoms with Gasteiger partial charge in [0.05, 0.1) is 31.6 Å². The van der Waals surface area contributed by atoms with Crippen LogP contribution >= 0.6 is 0 Å². The molecule has 0 radical (unpaired) electrons. The molecule has 1 amide bonds. The van der Waals surface area contributed by atoms with Crippen molar-refractivity contribution in [3.8, 4) is 0 Å². The molecule has 4 atom stereocenters. The average Bonchev–Trinajstić information content (AvgIpc) is 3.36. The number of esters is 1. The highest BCUT2D eigenvalue weighted by Gasteiger charge is 2.77. The molecule has 1 aromatic rings. The van der Waals surface area contributed by atoms with Crippen LogP contribution in [0.15, 0.2) is 36.4 Å². The van der Waals surface area contributed by atoms with Gasteiger partial charge in [-0.3, -0.25) is 13.9 Å². The van der Waals surface area contributed by atoms with E-state index in [9.17, 15) is 18.0 Å². The molecule has 0 bridgehead atoms. The average molecular weight is 463 g/mol. The Morgan fingerprint density at radius 2 is 2.09 bits per heavy atom. The van der Waals surface area contributed by atoms with Gasteiger partial charge < -0.3 is 14.8 Å². The number of anilines is 1. The van der Waals surface area contributed by atoms with Gasteiger partial charge in [-0.1, -0.05) is 30.4 Å². The number of carbonyl (C=O) groups excluding carboxylic acids is 2. The van der Waals surface area contributed by atoms with Crippen LogP contribution in [0.4, 0.5) is 10.5 Å². The summed E-state index contributed by atoms with van der Waals surface area (Å²) in [4.78, 5) is 28.1. The molecular formula is C22H26N2O7S. The van der Waals surface area contributed by atoms with E-state index in [0.29, 0.717) is 30.5 Å². The zero-order chi connectivity index (χ0) is 22.8. The Balaban J connectivity index is 1.67. The summed E-state index contributed by atoms with van der Waals surface area (Å²) in [5.41, 5.74) is -1.31. The first-order valence-electron chi connectivity index (χ1n) is 10.7. The molecule has 2 spiro atoms. The van der Waals surface area contributed by atoms with Crippen molar-refractivity contribution >= 4 is 27.9 Å². The van der Waals surface area contributed by atoms with Crippen molar-refractivity contribution < 1.29 is 31.7 Å². The topological polar surface area (TPSA) is 111 Å². The van der Waals surface area contributed by atoms with Crippen molar-refractivity contribution in [2.75, 3.05) is 31.4 Å². The molecule has 1 N–H and O–H groups in total. The van der Waals surface area contributed by atoms with Crippen molar-refractivity contribution in [2.45, 2.75) is 42.4 Å². The van der Waals surface area contributed by atoms with E-state index in [4.69, 9.17) is 13.7 Å². The Morgan fingerprint density at radius 3 is 2.78 bits per heavy atom. The van der Waals surface area contributed by atoms with Crippen LogP contribution in [-0.2, 0) is 34.2 Å². The van der Waals surface area contributed by atoms with E-state index >= 15 is 0 Å². The van der Waals surface area contributed by atoms with E-state index in [-0.39, 0.29) is 18.6 Å². The molecule has 2 fully saturated rings. The number of ether oxygens (including phenoxy) is 2. The number of carbonyl (C=O) groups is 2. The molecule has 172 valence electrons. The fourth-order valence-corrected chi connectivity index (χ4v) is 6.67. The lowest BCUT2D eigenvalue weighted by molar-refractivity contribution is -0.153. The lowest BCUT2D eigenvalue weighted by Gasteiger charge is -2.51. The normalized spacial score (nSPS) is 34.9. The predicted octanol–water partition coefficient (Wildman–Crippen LogP) is 1.83. The number of para-hydroxylation sites is 1. The largest absolute Gasteiger partial charge is 0.452 e. The monoisotopic (exact) mass is 462 g/mol. The molecule has 1 aromatic carbocycles. The fourth-order valence-electron chi connectivity index (χ4n) is 6.29. The lowest BCUT2D eigenvalue weighted by atomic mass is 9.60. The number of hydrogen-bond donors (Lipinski definition) is 1. The van der Waals surface area contributed by atoms with Crippen LogP contribution in [-0.4, -0.2) is 58.1 Å². The number of rotatable bonds is 4. The van der Waals surface area contributed by atoms with Crippen molar-refractivity contribution in [2.24, 2.45) is 5.92 Å². The minimum absolute atomic E-state index is 0.100. The first-order chi connectivity index (χ1) is 15.2. The third kappa shape index (κ3) is 2.79. The SMILES string of the molecule is COC(=O)N1c2ccccc2[C@]2(CCOS(C)(=O)=O)OC(=O)[C@H]3C[C@]4(C=CCN4)CC[C@@]312. The minimum Gasteiger partial charge on any atom is -0.452 e. The highest BCUT2D eigenvalue weighted by atomic mass is 32.2. The molecule has 10 heteroatoms. The highest BCUT2D eigenvalue weighted by Crippen LogP contribution is 2.66. The van der Waals surface area contributed by atoms with E-state index < -0.39 is 39.2 Å². The zero-order valence-electron chi connectivity index (χ0n) is 18.0. The van der Waals surface area contributed by atoms with Gasteiger partial charge in [0, 0.05) is 24.1 Å². The van der Waals surface area contributed by atoms with Gasteiger partial charge in [-0.2, -0.15) is 8.42 Å². The smallest absolute Gasteiger partial charge is 0.414 e. The molecular weight excluding hydrogens is 436 g/mol. The lowest BCUT2D eigenvalue weighted by Crippen LogP contribution is -2.66. The second-order valence-electron chi connectivity index (χ2n) is 8.97. The number of fused-ring (bicyclic) bond motifs is 2. The molecule has 5 rings (SSSR count). The molecule has 32 heavy (non-hydrogen) atoms. The summed E-state index contributed by atoms with van der Waals surface area (Å²) in [5.74, 6) is -1.01. The van der Waals surface area contributed by atoms with Crippen molar-refractivity contribution in [1.82, 2.24) is 5.32 Å². The number of benzene rings is 1. The standard InChI is InChI=1S/C22H26N2O7S/c1-29-19(26)24-17-7-4-3-6-15(17)22(11-13-30-32(2,27)28)21(24)10-9-20(8-5-12-23-20)14-16(21)18(25)31-22/h3-8,16,23H,9-14H2,1-2H3/t16-,20+,21+,22+/m1/s1. The van der Waals surface area contributed by atoms with Crippen molar-refractivity contribution in [3.05, 3.63) is 42.0 Å². The Morgan fingerprint density at radius 1 is 1.31 bits per heavy atom. The molecule has 9 nitrogen and oxygen atoms in total. The second-order valence-corrected chi connectivity index (χ2v) is 10.6. The Bertz CT molecular complexity index is 1120. The molecule has 0 unspecified atom stereocenters. The van der Waals surface area contributed by atoms with Gasteiger partial charge in [-0.25, -0.2) is 4.79 Å². The van der Waals surface area contributed by atoms with E-state index in [2.05, 4.69) is 11.4 Å². The van der Waals surface area contributed by atoms with Gasteiger partial charge in [-0.05, 0) is 25.3 Å². The number of nitrogens with one attached hydrogen (secondary N) is 1. The quantitative estimate of drug-likeness (QED) is 0.410. The van der Waals surface area contributed by atoms with Crippen LogP contribution in [0.3, 0.4) is 0 Å². The third-order valence-corrected chi connectivity index (χ3v) is 8.05. The molecule has 1 saturated carbocycles. The van der Waals surface area contributed by atoms with Crippen LogP contribution < -0.4 is 10.2 Å². The van der Waals surface area contributed by atoms with Gasteiger partial charge in [0.2, 0.25) is 0 Å². The summed E-state index contributed by atoms with van der Waals surface area (Å²) >= 11 is 0. The Kier molecular flexibility index (Phi) is 4.71. The highest BCUT2D eigenvalue weighted by molar-refractivity contribution is 7.85. The van der Waals surface area contributed by atoms with Crippen LogP contribution in [0, 0.1) is 5.92 Å². The van der Waals surface area contributed by atoms with E-state index in [1.165, 1.54) is 7.11 Å². The van der Waals surface area contributed by atoms with Crippen LogP contribution in [0.5, 0.6) is 0 Å². The van der Waals surface area contributed by atoms with Crippen LogP contribution in [0.1, 0.15) is 31.2 Å². The van der Waals surface area contributed by atoms with Gasteiger partial charge in [-0.15, -0.1) is 0 Å². The van der Waals surface area contributed by atoms with E-state index in [0.717, 1.165) is 12.8 Å². The molecule has 3 heterocycles. The Hall–Kier alpha value is -2.43. The van der Waals surface area contributed by atoms with Crippen molar-refractivity contribution in [3.63, 3.8) is 0 Å². The molecule has 3 aliphatic heterocycles. The van der Waals surface area contributed by atoms with Crippen LogP contribution in [0.2, 0.25) is 0 Å². The maximum Gasteiger partial charge on any atom is 0.414 e. The first kappa shape index (κ1) is 21.4. The number of hydrogen-bond acceptors (Lipinski definition) is 8. The van der Waals surface area contributed by atoms with Crippen molar-refractivity contribution in [1.29, 1.82) is 0 Å². The predicted molar refractivity (Wildman–Crippen MR) is 114 cm³/mol. The second kappa shape index (κ2) is 7.03. The fraction of sp³-hybridized carbons (Fsp3) is 0.545. The summed E-state index contributed by atoms with van der Waals surface area (Å²) in [6, 6.07) is 7.27. The molecule has 0 aromatic heterocycles. The number of nitrogens with zero attached hydrogens (tertiary/aromatic N) is 1. The summed E-state index contributed by atoms with van der Waals surface area (Å²) in [6.07, 6.45) is 6.29. The summed E-state index contributed by atoms with van der Waals surface area (Å²) in [5, 5.41) is 3.48. The molecule has 4 aliphatic rings. The molecule has 1 aliphatic carbocycles. The Labute approximate surface area is 186 Å². The molecule has 1 saturated heterocycles. The third-order valence-electron chi connectivity index (χ3n) is 7.45. The summed E-state index contributed by atoms with van der Waals surface area (Å²) in [7, 11) is -2.38. The van der Waals surface area contributed by atoms with Gasteiger partial charge in [0.1, 0.15) is 5.54 Å². The first-order valence-corrected chi connectivity index (χ1v) is 12.5. The van der Waals surface area contributed by atoms with E-state index in [1.807, 2.05) is 30.3 Å². The number of amides is 1. The number of methoxy groups -OCH3 is 1. The minimum atomic E-state index is -3.69. The van der Waals surface area contributed by atoms with Crippen LogP contribution in [0.25, 0.3) is 0 Å². The maximum absolute atomic E-state index is 13.4. The summed E-state index contributed by atoms with van der Waals surface area (Å²) in [6.45, 7) is 0.552. The van der Waals surface area contributed by atoms with Gasteiger partial charge >= 0.3 is 12.1 Å². The van der Waals surface area contributed by atoms with Gasteiger partial charge in [0.15, 0.2) is 5.60 Å². The van der Waals surface area contributed by atoms with E-state index in [1.54, 1.807) is 4.90 Å². The zero-order valence-corrected chi connectivity index (χ0v) is 18.8. The summed E-state index contributed by atoms with van der Waals surface area (Å²) < 4.78 is 39.7.